The number of aromatic nitrogens is 1. The second-order valence-electron chi connectivity index (χ2n) is 7.61. The molecule has 3 rings (SSSR count). The topological polar surface area (TPSA) is 94.3 Å². The van der Waals surface area contributed by atoms with E-state index in [1.807, 2.05) is 19.9 Å². The van der Waals surface area contributed by atoms with E-state index in [1.54, 1.807) is 6.07 Å². The number of pyridine rings is 1. The van der Waals surface area contributed by atoms with Crippen molar-refractivity contribution in [1.29, 1.82) is 0 Å². The largest absolute Gasteiger partial charge is 0.477 e. The molecule has 2 aliphatic carbocycles. The second-order valence-corrected chi connectivity index (χ2v) is 7.61. The first kappa shape index (κ1) is 17.7. The van der Waals surface area contributed by atoms with Crippen LogP contribution in [0.1, 0.15) is 67.9 Å². The quantitative estimate of drug-likeness (QED) is 0.718. The highest BCUT2D eigenvalue weighted by Gasteiger charge is 2.30. The molecular formula is C19H27N3O3. The minimum absolute atomic E-state index is 0.104. The van der Waals surface area contributed by atoms with Crippen LogP contribution >= 0.6 is 0 Å². The molecule has 2 saturated carbocycles. The van der Waals surface area contributed by atoms with Crippen molar-refractivity contribution in [2.75, 3.05) is 6.61 Å². The second kappa shape index (κ2) is 7.42. The Morgan fingerprint density at radius 3 is 2.56 bits per heavy atom. The maximum absolute atomic E-state index is 12.6. The summed E-state index contributed by atoms with van der Waals surface area (Å²) in [6, 6.07) is 3.40. The minimum Gasteiger partial charge on any atom is -0.477 e. The standard InChI is InChI=1S/C19H27N3O3/c1-11(2)16(9-17(20)23)21-18(24)15-8-7-14(13-5-6-13)19(22-15)25-10-12-3-4-12/h7-8,11-13,16H,3-6,9-10H2,1-2H3,(H2,20,23)(H,21,24). The minimum atomic E-state index is -0.426. The zero-order valence-electron chi connectivity index (χ0n) is 15.0. The molecular weight excluding hydrogens is 318 g/mol. The molecule has 0 spiro atoms. The van der Waals surface area contributed by atoms with Crippen molar-refractivity contribution in [1.82, 2.24) is 10.3 Å². The lowest BCUT2D eigenvalue weighted by Crippen LogP contribution is -2.41. The summed E-state index contributed by atoms with van der Waals surface area (Å²) in [6.45, 7) is 4.57. The summed E-state index contributed by atoms with van der Waals surface area (Å²) < 4.78 is 5.90. The number of rotatable bonds is 9. The lowest BCUT2D eigenvalue weighted by atomic mass is 10.0. The SMILES string of the molecule is CC(C)C(CC(N)=O)NC(=O)c1ccc(C2CC2)c(OCC2CC2)n1. The number of carbonyl (C=O) groups excluding carboxylic acids is 2. The molecule has 1 atom stereocenters. The summed E-state index contributed by atoms with van der Waals surface area (Å²) in [5, 5.41) is 2.88. The molecule has 0 radical (unpaired) electrons. The van der Waals surface area contributed by atoms with Gasteiger partial charge in [0.2, 0.25) is 11.8 Å². The third kappa shape index (κ3) is 4.94. The van der Waals surface area contributed by atoms with Gasteiger partial charge < -0.3 is 15.8 Å². The number of nitrogens with one attached hydrogen (secondary N) is 1. The van der Waals surface area contributed by atoms with E-state index < -0.39 is 5.91 Å². The van der Waals surface area contributed by atoms with Crippen molar-refractivity contribution in [3.05, 3.63) is 23.4 Å². The van der Waals surface area contributed by atoms with Gasteiger partial charge in [0, 0.05) is 18.0 Å². The summed E-state index contributed by atoms with van der Waals surface area (Å²) >= 11 is 0. The van der Waals surface area contributed by atoms with Crippen LogP contribution < -0.4 is 15.8 Å². The van der Waals surface area contributed by atoms with E-state index in [-0.39, 0.29) is 24.3 Å². The molecule has 0 bridgehead atoms. The third-order valence-corrected chi connectivity index (χ3v) is 4.83. The highest BCUT2D eigenvalue weighted by molar-refractivity contribution is 5.93. The number of nitrogens with zero attached hydrogens (tertiary/aromatic N) is 1. The van der Waals surface area contributed by atoms with Gasteiger partial charge in [-0.05, 0) is 49.5 Å². The Kier molecular flexibility index (Phi) is 5.25. The van der Waals surface area contributed by atoms with Crippen molar-refractivity contribution in [3.63, 3.8) is 0 Å². The average molecular weight is 345 g/mol. The normalized spacial score (nSPS) is 18.0. The van der Waals surface area contributed by atoms with Gasteiger partial charge in [0.25, 0.3) is 5.91 Å². The summed E-state index contributed by atoms with van der Waals surface area (Å²) in [5.41, 5.74) is 6.71. The van der Waals surface area contributed by atoms with E-state index in [4.69, 9.17) is 10.5 Å². The molecule has 2 aliphatic rings. The van der Waals surface area contributed by atoms with Crippen LogP contribution in [0.4, 0.5) is 0 Å². The molecule has 6 nitrogen and oxygen atoms in total. The molecule has 6 heteroatoms. The lowest BCUT2D eigenvalue weighted by molar-refractivity contribution is -0.118. The fraction of sp³-hybridized carbons (Fsp3) is 0.632. The predicted molar refractivity (Wildman–Crippen MR) is 94.3 cm³/mol. The Morgan fingerprint density at radius 1 is 1.28 bits per heavy atom. The zero-order valence-corrected chi connectivity index (χ0v) is 15.0. The molecule has 2 fully saturated rings. The molecule has 0 saturated heterocycles. The Hall–Kier alpha value is -2.11. The molecule has 2 amide bonds. The van der Waals surface area contributed by atoms with E-state index in [0.29, 0.717) is 30.0 Å². The molecule has 3 N–H and O–H groups in total. The van der Waals surface area contributed by atoms with Gasteiger partial charge in [-0.15, -0.1) is 0 Å². The Labute approximate surface area is 148 Å². The number of hydrogen-bond donors (Lipinski definition) is 2. The van der Waals surface area contributed by atoms with Crippen LogP contribution in [0.2, 0.25) is 0 Å². The van der Waals surface area contributed by atoms with Gasteiger partial charge in [-0.3, -0.25) is 9.59 Å². The first-order valence-electron chi connectivity index (χ1n) is 9.17. The molecule has 0 aliphatic heterocycles. The Morgan fingerprint density at radius 2 is 2.00 bits per heavy atom. The van der Waals surface area contributed by atoms with E-state index in [9.17, 15) is 9.59 Å². The number of ether oxygens (including phenoxy) is 1. The summed E-state index contributed by atoms with van der Waals surface area (Å²) in [5.74, 6) is 1.12. The van der Waals surface area contributed by atoms with Gasteiger partial charge in [0.1, 0.15) is 5.69 Å². The van der Waals surface area contributed by atoms with Crippen molar-refractivity contribution >= 4 is 11.8 Å². The monoisotopic (exact) mass is 345 g/mol. The maximum Gasteiger partial charge on any atom is 0.270 e. The Balaban J connectivity index is 1.72. The Bertz CT molecular complexity index is 651. The molecule has 1 aromatic rings. The summed E-state index contributed by atoms with van der Waals surface area (Å²) in [4.78, 5) is 28.2. The smallest absolute Gasteiger partial charge is 0.270 e. The van der Waals surface area contributed by atoms with Crippen molar-refractivity contribution in [2.24, 2.45) is 17.6 Å². The molecule has 1 heterocycles. The predicted octanol–water partition coefficient (Wildman–Crippen LogP) is 2.38. The number of nitrogens with two attached hydrogens (primary N) is 1. The highest BCUT2D eigenvalue weighted by Crippen LogP contribution is 2.44. The fourth-order valence-corrected chi connectivity index (χ4v) is 2.79. The first-order valence-corrected chi connectivity index (χ1v) is 9.17. The van der Waals surface area contributed by atoms with Crippen molar-refractivity contribution < 1.29 is 14.3 Å². The van der Waals surface area contributed by atoms with Crippen molar-refractivity contribution in [3.8, 4) is 5.88 Å². The summed E-state index contributed by atoms with van der Waals surface area (Å²) in [6.07, 6.45) is 4.85. The van der Waals surface area contributed by atoms with Gasteiger partial charge in [-0.1, -0.05) is 19.9 Å². The van der Waals surface area contributed by atoms with Gasteiger partial charge in [0.15, 0.2) is 0 Å². The van der Waals surface area contributed by atoms with Gasteiger partial charge >= 0.3 is 0 Å². The van der Waals surface area contributed by atoms with Crippen LogP contribution in [0, 0.1) is 11.8 Å². The first-order chi connectivity index (χ1) is 11.9. The lowest BCUT2D eigenvalue weighted by Gasteiger charge is -2.21. The van der Waals surface area contributed by atoms with E-state index in [0.717, 1.165) is 18.4 Å². The van der Waals surface area contributed by atoms with Crippen LogP contribution in [-0.4, -0.2) is 29.4 Å². The number of carbonyl (C=O) groups is 2. The molecule has 0 aromatic carbocycles. The van der Waals surface area contributed by atoms with Crippen LogP contribution in [0.3, 0.4) is 0 Å². The fourth-order valence-electron chi connectivity index (χ4n) is 2.79. The molecule has 25 heavy (non-hydrogen) atoms. The number of amides is 2. The van der Waals surface area contributed by atoms with E-state index in [2.05, 4.69) is 10.3 Å². The maximum atomic E-state index is 12.6. The number of primary amides is 1. The van der Waals surface area contributed by atoms with Crippen LogP contribution in [0.5, 0.6) is 5.88 Å². The van der Waals surface area contributed by atoms with Crippen LogP contribution in [0.15, 0.2) is 12.1 Å². The number of hydrogen-bond acceptors (Lipinski definition) is 4. The average Bonchev–Trinajstić information content (AvgIpc) is 3.45. The van der Waals surface area contributed by atoms with Crippen LogP contribution in [0.25, 0.3) is 0 Å². The van der Waals surface area contributed by atoms with Gasteiger partial charge in [-0.2, -0.15) is 0 Å². The zero-order chi connectivity index (χ0) is 18.0. The molecule has 1 aromatic heterocycles. The van der Waals surface area contributed by atoms with Gasteiger partial charge in [-0.25, -0.2) is 4.98 Å². The summed E-state index contributed by atoms with van der Waals surface area (Å²) in [7, 11) is 0. The van der Waals surface area contributed by atoms with E-state index in [1.165, 1.54) is 12.8 Å². The molecule has 1 unspecified atom stereocenters. The third-order valence-electron chi connectivity index (χ3n) is 4.83. The van der Waals surface area contributed by atoms with Crippen LogP contribution in [-0.2, 0) is 4.79 Å². The van der Waals surface area contributed by atoms with E-state index >= 15 is 0 Å². The van der Waals surface area contributed by atoms with Crippen molar-refractivity contribution in [2.45, 2.75) is 57.9 Å². The van der Waals surface area contributed by atoms with Gasteiger partial charge in [0.05, 0.1) is 6.61 Å². The highest BCUT2D eigenvalue weighted by atomic mass is 16.5. The molecule has 136 valence electrons.